The molecule has 1 aromatic rings. The molecule has 0 amide bonds. The Balaban J connectivity index is 0. The molecular weight excluding hydrogens is 143 g/mol. The van der Waals surface area contributed by atoms with E-state index in [1.165, 1.54) is 13.2 Å². The summed E-state index contributed by atoms with van der Waals surface area (Å²) in [6.45, 7) is 1.32. The molecule has 0 unspecified atom stereocenters. The van der Waals surface area contributed by atoms with Crippen molar-refractivity contribution < 1.29 is 44.9 Å². The van der Waals surface area contributed by atoms with Crippen molar-refractivity contribution in [2.45, 2.75) is 6.92 Å². The van der Waals surface area contributed by atoms with Crippen molar-refractivity contribution in [2.75, 3.05) is 0 Å². The molecule has 0 bridgehead atoms. The molecule has 1 heterocycles. The predicted octanol–water partition coefficient (Wildman–Crippen LogP) is -1.68. The Hall–Kier alpha value is -0.250. The zero-order chi connectivity index (χ0) is 6.69. The van der Waals surface area contributed by atoms with Gasteiger partial charge < -0.3 is 10.6 Å². The largest absolute Gasteiger partial charge is 1.00 e. The predicted molar refractivity (Wildman–Crippen MR) is 31.1 cm³/mol. The second kappa shape index (κ2) is 4.55. The van der Waals surface area contributed by atoms with Crippen molar-refractivity contribution in [1.29, 1.82) is 0 Å². The van der Waals surface area contributed by atoms with Crippen LogP contribution in [0.3, 0.4) is 0 Å². The molecular formula is C6H7NaO3. The fourth-order valence-electron chi connectivity index (χ4n) is 0.463. The van der Waals surface area contributed by atoms with Crippen molar-refractivity contribution in [3.63, 3.8) is 0 Å². The van der Waals surface area contributed by atoms with E-state index in [0.717, 1.165) is 0 Å². The quantitative estimate of drug-likeness (QED) is 0.354. The first-order chi connectivity index (χ1) is 4.29. The van der Waals surface area contributed by atoms with Gasteiger partial charge >= 0.3 is 35.5 Å². The Morgan fingerprint density at radius 1 is 1.80 bits per heavy atom. The summed E-state index contributed by atoms with van der Waals surface area (Å²) in [6.07, 6.45) is 1.44. The topological polar surface area (TPSA) is 39.4 Å². The van der Waals surface area contributed by atoms with Crippen molar-refractivity contribution in [2.24, 2.45) is 0 Å². The summed E-state index contributed by atoms with van der Waals surface area (Å²) in [6, 6.07) is 3.22. The minimum atomic E-state index is -0.370. The molecule has 50 valence electrons. The molecule has 0 radical (unpaired) electrons. The average Bonchev–Trinajstić information content (AvgIpc) is 2.15. The molecule has 0 spiro atoms. The van der Waals surface area contributed by atoms with E-state index in [1.54, 1.807) is 12.1 Å². The van der Waals surface area contributed by atoms with E-state index in [0.29, 0.717) is 0 Å². The Bertz CT molecular complexity index is 198. The van der Waals surface area contributed by atoms with Gasteiger partial charge in [-0.05, 0) is 6.07 Å². The van der Waals surface area contributed by atoms with Gasteiger partial charge in [-0.25, -0.2) is 0 Å². The summed E-state index contributed by atoms with van der Waals surface area (Å²) >= 11 is 0. The van der Waals surface area contributed by atoms with Crippen molar-refractivity contribution in [3.8, 4) is 5.95 Å². The molecule has 0 atom stereocenters. The molecule has 0 aromatic carbocycles. The van der Waals surface area contributed by atoms with Crippen LogP contribution in [0, 0.1) is 0 Å². The van der Waals surface area contributed by atoms with Crippen LogP contribution in [0.5, 0.6) is 5.95 Å². The second-order valence-electron chi connectivity index (χ2n) is 1.53. The first kappa shape index (κ1) is 9.75. The second-order valence-corrected chi connectivity index (χ2v) is 1.53. The van der Waals surface area contributed by atoms with Crippen LogP contribution in [0.2, 0.25) is 0 Å². The number of rotatable bonds is 1. The van der Waals surface area contributed by atoms with Gasteiger partial charge in [0.25, 0.3) is 5.95 Å². The maximum atomic E-state index is 10.2. The van der Waals surface area contributed by atoms with E-state index in [1.807, 2.05) is 0 Å². The molecule has 4 heteroatoms. The smallest absolute Gasteiger partial charge is 1.00 e. The molecule has 10 heavy (non-hydrogen) atoms. The van der Waals surface area contributed by atoms with Gasteiger partial charge in [0.05, 0.1) is 6.26 Å². The third-order valence-corrected chi connectivity index (χ3v) is 0.739. The van der Waals surface area contributed by atoms with Gasteiger partial charge in [-0.2, -0.15) is 0 Å². The molecule has 0 aliphatic heterocycles. The SMILES string of the molecule is CC(=O)Oc1ccco1.[H-].[Na+]. The summed E-state index contributed by atoms with van der Waals surface area (Å²) in [4.78, 5) is 10.2. The van der Waals surface area contributed by atoms with Crippen molar-refractivity contribution >= 4 is 5.97 Å². The van der Waals surface area contributed by atoms with Crippen LogP contribution in [0.4, 0.5) is 0 Å². The molecule has 0 aliphatic carbocycles. The van der Waals surface area contributed by atoms with Gasteiger partial charge in [0.15, 0.2) is 0 Å². The Morgan fingerprint density at radius 3 is 2.90 bits per heavy atom. The Kier molecular flexibility index (Phi) is 4.43. The summed E-state index contributed by atoms with van der Waals surface area (Å²) in [5.74, 6) is -0.132. The first-order valence-corrected chi connectivity index (χ1v) is 2.51. The maximum absolute atomic E-state index is 10.2. The molecule has 0 saturated heterocycles. The Labute approximate surface area is 82.1 Å². The summed E-state index contributed by atoms with van der Waals surface area (Å²) < 4.78 is 9.25. The van der Waals surface area contributed by atoms with Crippen LogP contribution in [-0.4, -0.2) is 5.97 Å². The minimum absolute atomic E-state index is 0. The van der Waals surface area contributed by atoms with E-state index in [-0.39, 0.29) is 42.9 Å². The number of furan rings is 1. The van der Waals surface area contributed by atoms with E-state index >= 15 is 0 Å². The van der Waals surface area contributed by atoms with Crippen LogP contribution in [-0.2, 0) is 4.79 Å². The minimum Gasteiger partial charge on any atom is -1.00 e. The van der Waals surface area contributed by atoms with Gasteiger partial charge in [0, 0.05) is 13.0 Å². The fraction of sp³-hybridized carbons (Fsp3) is 0.167. The molecule has 3 nitrogen and oxygen atoms in total. The van der Waals surface area contributed by atoms with Crippen LogP contribution >= 0.6 is 0 Å². The molecule has 0 saturated carbocycles. The van der Waals surface area contributed by atoms with Crippen LogP contribution in [0.15, 0.2) is 22.8 Å². The molecule has 0 aliphatic rings. The van der Waals surface area contributed by atoms with E-state index in [9.17, 15) is 4.79 Å². The summed E-state index contributed by atoms with van der Waals surface area (Å²) in [5, 5.41) is 0. The monoisotopic (exact) mass is 150 g/mol. The van der Waals surface area contributed by atoms with E-state index in [4.69, 9.17) is 4.42 Å². The van der Waals surface area contributed by atoms with Crippen LogP contribution in [0.1, 0.15) is 8.35 Å². The average molecular weight is 150 g/mol. The fourth-order valence-corrected chi connectivity index (χ4v) is 0.463. The van der Waals surface area contributed by atoms with Gasteiger partial charge in [-0.3, -0.25) is 4.79 Å². The number of carbonyl (C=O) groups excluding carboxylic acids is 1. The first-order valence-electron chi connectivity index (χ1n) is 2.51. The number of ether oxygens (including phenoxy) is 1. The number of esters is 1. The number of carbonyl (C=O) groups is 1. The van der Waals surface area contributed by atoms with E-state index < -0.39 is 0 Å². The van der Waals surface area contributed by atoms with Crippen molar-refractivity contribution in [3.05, 3.63) is 18.4 Å². The molecule has 0 fully saturated rings. The molecule has 1 aromatic heterocycles. The molecule has 0 N–H and O–H groups in total. The summed E-state index contributed by atoms with van der Waals surface area (Å²) in [7, 11) is 0. The number of hydrogen-bond acceptors (Lipinski definition) is 3. The van der Waals surface area contributed by atoms with Crippen molar-refractivity contribution in [1.82, 2.24) is 0 Å². The maximum Gasteiger partial charge on any atom is 1.00 e. The zero-order valence-electron chi connectivity index (χ0n) is 6.96. The normalized spacial score (nSPS) is 8.10. The number of hydrogen-bond donors (Lipinski definition) is 0. The van der Waals surface area contributed by atoms with E-state index in [2.05, 4.69) is 4.74 Å². The standard InChI is InChI=1S/C6H6O3.Na.H/c1-5(7)9-6-3-2-4-8-6;;/h2-4H,1H3;;/q;+1;-1. The van der Waals surface area contributed by atoms with Gasteiger partial charge in [-0.1, -0.05) is 0 Å². The zero-order valence-corrected chi connectivity index (χ0v) is 7.96. The third kappa shape index (κ3) is 3.06. The van der Waals surface area contributed by atoms with Crippen LogP contribution in [0.25, 0.3) is 0 Å². The molecule has 1 rings (SSSR count). The third-order valence-electron chi connectivity index (χ3n) is 0.739. The van der Waals surface area contributed by atoms with Gasteiger partial charge in [-0.15, -0.1) is 0 Å². The Morgan fingerprint density at radius 2 is 2.50 bits per heavy atom. The van der Waals surface area contributed by atoms with Gasteiger partial charge in [0.1, 0.15) is 0 Å². The van der Waals surface area contributed by atoms with Gasteiger partial charge in [0.2, 0.25) is 0 Å². The summed E-state index contributed by atoms with van der Waals surface area (Å²) in [5.41, 5.74) is 0. The van der Waals surface area contributed by atoms with Crippen LogP contribution < -0.4 is 34.3 Å².